The van der Waals surface area contributed by atoms with E-state index in [-0.39, 0.29) is 5.91 Å². The van der Waals surface area contributed by atoms with Crippen molar-refractivity contribution in [1.29, 1.82) is 0 Å². The van der Waals surface area contributed by atoms with E-state index in [9.17, 15) is 4.79 Å². The molecule has 1 atom stereocenters. The van der Waals surface area contributed by atoms with Crippen molar-refractivity contribution in [2.75, 3.05) is 13.1 Å². The van der Waals surface area contributed by atoms with E-state index in [1.807, 2.05) is 18.0 Å². The summed E-state index contributed by atoms with van der Waals surface area (Å²) in [5.74, 6) is 1.60. The lowest BCUT2D eigenvalue weighted by Crippen LogP contribution is -2.41. The van der Waals surface area contributed by atoms with Crippen LogP contribution in [0, 0.1) is 13.8 Å². The zero-order valence-electron chi connectivity index (χ0n) is 11.7. The van der Waals surface area contributed by atoms with Gasteiger partial charge in [0.05, 0.1) is 6.04 Å². The summed E-state index contributed by atoms with van der Waals surface area (Å²) in [7, 11) is 0. The molecule has 0 spiro atoms. The monoisotopic (exact) mass is 274 g/mol. The second kappa shape index (κ2) is 5.11. The normalized spacial score (nSPS) is 19.3. The summed E-state index contributed by atoms with van der Waals surface area (Å²) in [4.78, 5) is 18.5. The summed E-state index contributed by atoms with van der Waals surface area (Å²) in [5.41, 5.74) is 0.394. The molecule has 3 rings (SSSR count). The lowest BCUT2D eigenvalue weighted by molar-refractivity contribution is 0.0668. The second-order valence-corrected chi connectivity index (χ2v) is 5.25. The van der Waals surface area contributed by atoms with Gasteiger partial charge in [0, 0.05) is 31.5 Å². The average Bonchev–Trinajstić information content (AvgIpc) is 3.07. The van der Waals surface area contributed by atoms with E-state index < -0.39 is 0 Å². The highest BCUT2D eigenvalue weighted by Crippen LogP contribution is 2.23. The summed E-state index contributed by atoms with van der Waals surface area (Å²) in [6.07, 6.45) is 5.84. The molecule has 0 aliphatic carbocycles. The molecule has 6 heteroatoms. The number of hydrogen-bond donors (Lipinski definition) is 0. The Balaban J connectivity index is 1.75. The van der Waals surface area contributed by atoms with Gasteiger partial charge in [-0.1, -0.05) is 5.16 Å². The number of amides is 1. The van der Waals surface area contributed by atoms with Gasteiger partial charge in [-0.2, -0.15) is 0 Å². The van der Waals surface area contributed by atoms with Crippen LogP contribution in [0.4, 0.5) is 0 Å². The second-order valence-electron chi connectivity index (χ2n) is 5.25. The molecule has 1 amide bonds. The molecular weight excluding hydrogens is 256 g/mol. The number of carbonyl (C=O) groups excluding carboxylic acids is 1. The molecule has 2 aromatic rings. The first-order chi connectivity index (χ1) is 9.65. The fourth-order valence-corrected chi connectivity index (χ4v) is 2.77. The van der Waals surface area contributed by atoms with Crippen LogP contribution in [0.1, 0.15) is 41.0 Å². The van der Waals surface area contributed by atoms with Crippen LogP contribution >= 0.6 is 0 Å². The Labute approximate surface area is 117 Å². The quantitative estimate of drug-likeness (QED) is 0.839. The zero-order chi connectivity index (χ0) is 14.1. The molecule has 3 heterocycles. The van der Waals surface area contributed by atoms with Crippen molar-refractivity contribution in [2.45, 2.75) is 32.7 Å². The van der Waals surface area contributed by atoms with Crippen molar-refractivity contribution in [3.8, 4) is 0 Å². The smallest absolute Gasteiger partial charge is 0.276 e. The maximum absolute atomic E-state index is 12.4. The van der Waals surface area contributed by atoms with Crippen LogP contribution in [-0.2, 0) is 0 Å². The SMILES string of the molecule is Cc1cc(C(=O)N2CCC[C@@H](n3ccnc3C)C2)no1. The molecule has 0 radical (unpaired) electrons. The molecular formula is C14H18N4O2. The van der Waals surface area contributed by atoms with E-state index in [1.54, 1.807) is 19.2 Å². The van der Waals surface area contributed by atoms with Gasteiger partial charge in [0.15, 0.2) is 5.69 Å². The van der Waals surface area contributed by atoms with Gasteiger partial charge >= 0.3 is 0 Å². The molecule has 1 saturated heterocycles. The highest BCUT2D eigenvalue weighted by atomic mass is 16.5. The van der Waals surface area contributed by atoms with Crippen LogP contribution in [0.15, 0.2) is 23.0 Å². The van der Waals surface area contributed by atoms with Gasteiger partial charge in [-0.25, -0.2) is 4.98 Å². The molecule has 1 aliphatic heterocycles. The summed E-state index contributed by atoms with van der Waals surface area (Å²) < 4.78 is 7.13. The minimum Gasteiger partial charge on any atom is -0.361 e. The molecule has 0 unspecified atom stereocenters. The Kier molecular flexibility index (Phi) is 3.30. The first-order valence-corrected chi connectivity index (χ1v) is 6.87. The maximum Gasteiger partial charge on any atom is 0.276 e. The van der Waals surface area contributed by atoms with E-state index in [1.165, 1.54) is 0 Å². The lowest BCUT2D eigenvalue weighted by atomic mass is 10.0. The molecule has 1 fully saturated rings. The third kappa shape index (κ3) is 2.33. The predicted octanol–water partition coefficient (Wildman–Crippen LogP) is 1.97. The first kappa shape index (κ1) is 12.9. The summed E-state index contributed by atoms with van der Waals surface area (Å²) >= 11 is 0. The number of aryl methyl sites for hydroxylation is 2. The molecule has 106 valence electrons. The number of rotatable bonds is 2. The highest BCUT2D eigenvalue weighted by Gasteiger charge is 2.27. The van der Waals surface area contributed by atoms with Gasteiger partial charge in [-0.15, -0.1) is 0 Å². The van der Waals surface area contributed by atoms with Crippen molar-refractivity contribution in [3.05, 3.63) is 35.7 Å². The van der Waals surface area contributed by atoms with E-state index in [4.69, 9.17) is 4.52 Å². The molecule has 6 nitrogen and oxygen atoms in total. The van der Waals surface area contributed by atoms with E-state index in [2.05, 4.69) is 14.7 Å². The Hall–Kier alpha value is -2.11. The van der Waals surface area contributed by atoms with Crippen LogP contribution in [0.5, 0.6) is 0 Å². The number of imidazole rings is 1. The van der Waals surface area contributed by atoms with E-state index >= 15 is 0 Å². The van der Waals surface area contributed by atoms with Crippen LogP contribution in [0.25, 0.3) is 0 Å². The Morgan fingerprint density at radius 2 is 2.30 bits per heavy atom. The molecule has 20 heavy (non-hydrogen) atoms. The molecule has 0 saturated carbocycles. The summed E-state index contributed by atoms with van der Waals surface area (Å²) in [6.45, 7) is 5.25. The van der Waals surface area contributed by atoms with Crippen molar-refractivity contribution >= 4 is 5.91 Å². The van der Waals surface area contributed by atoms with Crippen LogP contribution in [-0.4, -0.2) is 38.6 Å². The molecule has 0 bridgehead atoms. The van der Waals surface area contributed by atoms with E-state index in [0.717, 1.165) is 25.2 Å². The predicted molar refractivity (Wildman–Crippen MR) is 72.4 cm³/mol. The van der Waals surface area contributed by atoms with Crippen LogP contribution in [0.2, 0.25) is 0 Å². The number of piperidine rings is 1. The first-order valence-electron chi connectivity index (χ1n) is 6.87. The van der Waals surface area contributed by atoms with Crippen LogP contribution < -0.4 is 0 Å². The summed E-state index contributed by atoms with van der Waals surface area (Å²) in [6, 6.07) is 1.98. The number of hydrogen-bond acceptors (Lipinski definition) is 4. The number of nitrogens with zero attached hydrogens (tertiary/aromatic N) is 4. The minimum absolute atomic E-state index is 0.0516. The number of aromatic nitrogens is 3. The van der Waals surface area contributed by atoms with Gasteiger partial charge in [0.25, 0.3) is 5.91 Å². The zero-order valence-corrected chi connectivity index (χ0v) is 11.7. The van der Waals surface area contributed by atoms with Crippen molar-refractivity contribution in [2.24, 2.45) is 0 Å². The molecule has 1 aliphatic rings. The topological polar surface area (TPSA) is 64.2 Å². The van der Waals surface area contributed by atoms with Crippen LogP contribution in [0.3, 0.4) is 0 Å². The number of carbonyl (C=O) groups is 1. The summed E-state index contributed by atoms with van der Waals surface area (Å²) in [5, 5.41) is 3.81. The van der Waals surface area contributed by atoms with Gasteiger partial charge in [-0.05, 0) is 26.7 Å². The van der Waals surface area contributed by atoms with Crippen molar-refractivity contribution < 1.29 is 9.32 Å². The highest BCUT2D eigenvalue weighted by molar-refractivity contribution is 5.92. The van der Waals surface area contributed by atoms with Crippen molar-refractivity contribution in [3.63, 3.8) is 0 Å². The maximum atomic E-state index is 12.4. The number of likely N-dealkylation sites (tertiary alicyclic amines) is 1. The fraction of sp³-hybridized carbons (Fsp3) is 0.500. The Morgan fingerprint density at radius 3 is 2.95 bits per heavy atom. The van der Waals surface area contributed by atoms with Gasteiger partial charge in [-0.3, -0.25) is 4.79 Å². The fourth-order valence-electron chi connectivity index (χ4n) is 2.77. The van der Waals surface area contributed by atoms with Crippen molar-refractivity contribution in [1.82, 2.24) is 19.6 Å². The molecule has 0 aromatic carbocycles. The third-order valence-corrected chi connectivity index (χ3v) is 3.79. The van der Waals surface area contributed by atoms with Gasteiger partial charge < -0.3 is 14.0 Å². The Morgan fingerprint density at radius 1 is 1.45 bits per heavy atom. The van der Waals surface area contributed by atoms with Gasteiger partial charge in [0.2, 0.25) is 0 Å². The van der Waals surface area contributed by atoms with E-state index in [0.29, 0.717) is 24.0 Å². The standard InChI is InChI=1S/C14H18N4O2/c1-10-8-13(16-20-10)14(19)17-6-3-4-12(9-17)18-7-5-15-11(18)2/h5,7-8,12H,3-4,6,9H2,1-2H3/t12-/m1/s1. The van der Waals surface area contributed by atoms with Gasteiger partial charge in [0.1, 0.15) is 11.6 Å². The largest absolute Gasteiger partial charge is 0.361 e. The average molecular weight is 274 g/mol. The Bertz CT molecular complexity index is 616. The molecule has 2 aromatic heterocycles. The molecule has 0 N–H and O–H groups in total. The minimum atomic E-state index is -0.0516. The lowest BCUT2D eigenvalue weighted by Gasteiger charge is -2.33. The third-order valence-electron chi connectivity index (χ3n) is 3.79.